The number of imidazole rings is 1. The average Bonchev–Trinajstić information content (AvgIpc) is 3.07. The highest BCUT2D eigenvalue weighted by atomic mass is 16.5. The fourth-order valence-corrected chi connectivity index (χ4v) is 2.88. The second-order valence-corrected chi connectivity index (χ2v) is 5.79. The van der Waals surface area contributed by atoms with Crippen LogP contribution in [0.15, 0.2) is 43.0 Å². The van der Waals surface area contributed by atoms with Crippen LogP contribution in [0.25, 0.3) is 0 Å². The Bertz CT molecular complexity index is 556. The van der Waals surface area contributed by atoms with E-state index in [1.807, 2.05) is 0 Å². The normalized spacial score (nSPS) is 15.8. The molecule has 106 valence electrons. The summed E-state index contributed by atoms with van der Waals surface area (Å²) in [7, 11) is 0. The molecule has 1 aliphatic carbocycles. The number of rotatable bonds is 5. The summed E-state index contributed by atoms with van der Waals surface area (Å²) >= 11 is 0. The van der Waals surface area contributed by atoms with E-state index in [4.69, 9.17) is 4.74 Å². The molecule has 0 N–H and O–H groups in total. The summed E-state index contributed by atoms with van der Waals surface area (Å²) in [6.45, 7) is 3.72. The van der Waals surface area contributed by atoms with Crippen LogP contribution in [0.5, 0.6) is 0 Å². The fraction of sp³-hybridized carbons (Fsp3) is 0.471. The minimum Gasteiger partial charge on any atom is -0.338 e. The van der Waals surface area contributed by atoms with Crippen molar-refractivity contribution in [3.8, 4) is 0 Å². The Hall–Kier alpha value is -1.61. The van der Waals surface area contributed by atoms with Gasteiger partial charge >= 0.3 is 0 Å². The minimum atomic E-state index is 0.475. The molecule has 1 heterocycles. The van der Waals surface area contributed by atoms with Crippen molar-refractivity contribution in [2.24, 2.45) is 0 Å². The molecule has 20 heavy (non-hydrogen) atoms. The summed E-state index contributed by atoms with van der Waals surface area (Å²) in [5, 5.41) is 0. The molecule has 1 aromatic heterocycles. The third-order valence-electron chi connectivity index (χ3n) is 3.96. The first-order chi connectivity index (χ1) is 9.79. The van der Waals surface area contributed by atoms with Gasteiger partial charge in [-0.25, -0.2) is 9.13 Å². The van der Waals surface area contributed by atoms with E-state index in [9.17, 15) is 0 Å². The zero-order valence-electron chi connectivity index (χ0n) is 12.2. The quantitative estimate of drug-likeness (QED) is 0.764. The third-order valence-corrected chi connectivity index (χ3v) is 3.96. The van der Waals surface area contributed by atoms with Crippen LogP contribution in [-0.2, 0) is 18.0 Å². The second-order valence-electron chi connectivity index (χ2n) is 5.79. The molecule has 3 nitrogen and oxygen atoms in total. The van der Waals surface area contributed by atoms with Gasteiger partial charge in [0.25, 0.3) is 0 Å². The largest absolute Gasteiger partial charge is 0.338 e. The van der Waals surface area contributed by atoms with Crippen LogP contribution >= 0.6 is 0 Å². The van der Waals surface area contributed by atoms with E-state index in [1.165, 1.54) is 36.8 Å². The average molecular weight is 271 g/mol. The maximum atomic E-state index is 5.92. The SMILES string of the molecule is Cc1cccc(C[n+]2ccn(COC3CCCC3)c2)c1. The molecule has 1 aromatic carbocycles. The van der Waals surface area contributed by atoms with Crippen LogP contribution in [0.4, 0.5) is 0 Å². The van der Waals surface area contributed by atoms with Crippen molar-refractivity contribution in [3.05, 3.63) is 54.1 Å². The molecule has 0 spiro atoms. The fourth-order valence-electron chi connectivity index (χ4n) is 2.88. The Balaban J connectivity index is 1.56. The lowest BCUT2D eigenvalue weighted by Crippen LogP contribution is -2.31. The first kappa shape index (κ1) is 13.4. The van der Waals surface area contributed by atoms with Gasteiger partial charge in [0.2, 0.25) is 6.33 Å². The number of aryl methyl sites for hydroxylation is 1. The van der Waals surface area contributed by atoms with Crippen LogP contribution in [0.3, 0.4) is 0 Å². The lowest BCUT2D eigenvalue weighted by atomic mass is 10.1. The van der Waals surface area contributed by atoms with Crippen molar-refractivity contribution in [1.29, 1.82) is 0 Å². The van der Waals surface area contributed by atoms with Gasteiger partial charge in [-0.1, -0.05) is 42.7 Å². The predicted octanol–water partition coefficient (Wildman–Crippen LogP) is 3.05. The second kappa shape index (κ2) is 6.23. The Morgan fingerprint density at radius 1 is 1.30 bits per heavy atom. The first-order valence-electron chi connectivity index (χ1n) is 7.51. The molecule has 3 rings (SSSR count). The van der Waals surface area contributed by atoms with E-state index in [1.54, 1.807) is 0 Å². The standard InChI is InChI=1S/C17H23N2O/c1-15-5-4-6-16(11-15)12-18-9-10-19(13-18)14-20-17-7-2-3-8-17/h4-6,9-11,13,17H,2-3,7-8,12,14H2,1H3/q+1. The first-order valence-corrected chi connectivity index (χ1v) is 7.51. The van der Waals surface area contributed by atoms with E-state index >= 15 is 0 Å². The molecule has 0 saturated heterocycles. The van der Waals surface area contributed by atoms with Crippen molar-refractivity contribution in [2.75, 3.05) is 0 Å². The highest BCUT2D eigenvalue weighted by Gasteiger charge is 2.16. The molecule has 1 aliphatic rings. The molecule has 0 unspecified atom stereocenters. The van der Waals surface area contributed by atoms with Gasteiger partial charge in [-0.2, -0.15) is 0 Å². The Kier molecular flexibility index (Phi) is 4.16. The summed E-state index contributed by atoms with van der Waals surface area (Å²) in [6, 6.07) is 8.66. The third kappa shape index (κ3) is 3.48. The number of benzene rings is 1. The molecule has 3 heteroatoms. The van der Waals surface area contributed by atoms with Crippen LogP contribution in [0.1, 0.15) is 36.8 Å². The van der Waals surface area contributed by atoms with Gasteiger partial charge in [0.1, 0.15) is 18.9 Å². The summed E-state index contributed by atoms with van der Waals surface area (Å²) < 4.78 is 10.2. The number of hydrogen-bond donors (Lipinski definition) is 0. The zero-order valence-corrected chi connectivity index (χ0v) is 12.2. The van der Waals surface area contributed by atoms with Crippen LogP contribution in [0, 0.1) is 6.92 Å². The van der Waals surface area contributed by atoms with Gasteiger partial charge in [-0.3, -0.25) is 0 Å². The zero-order chi connectivity index (χ0) is 13.8. The number of aromatic nitrogens is 2. The highest BCUT2D eigenvalue weighted by Crippen LogP contribution is 2.21. The summed E-state index contributed by atoms with van der Waals surface area (Å²) in [4.78, 5) is 0. The van der Waals surface area contributed by atoms with E-state index < -0.39 is 0 Å². The highest BCUT2D eigenvalue weighted by molar-refractivity contribution is 5.21. The summed E-state index contributed by atoms with van der Waals surface area (Å²) in [5.74, 6) is 0. The molecule has 1 saturated carbocycles. The molecular formula is C17H23N2O+. The van der Waals surface area contributed by atoms with E-state index in [-0.39, 0.29) is 0 Å². The van der Waals surface area contributed by atoms with Crippen molar-refractivity contribution >= 4 is 0 Å². The van der Waals surface area contributed by atoms with Crippen LogP contribution < -0.4 is 4.57 Å². The number of ether oxygens (including phenoxy) is 1. The van der Waals surface area contributed by atoms with Gasteiger partial charge < -0.3 is 4.74 Å². The molecule has 0 amide bonds. The van der Waals surface area contributed by atoms with Gasteiger partial charge in [-0.15, -0.1) is 0 Å². The van der Waals surface area contributed by atoms with Crippen molar-refractivity contribution < 1.29 is 9.30 Å². The van der Waals surface area contributed by atoms with Crippen molar-refractivity contribution in [1.82, 2.24) is 4.57 Å². The molecule has 1 fully saturated rings. The van der Waals surface area contributed by atoms with Crippen molar-refractivity contribution in [3.63, 3.8) is 0 Å². The molecule has 0 aliphatic heterocycles. The van der Waals surface area contributed by atoms with E-state index in [2.05, 4.69) is 59.0 Å². The maximum Gasteiger partial charge on any atom is 0.245 e. The monoisotopic (exact) mass is 271 g/mol. The molecule has 0 bridgehead atoms. The Morgan fingerprint density at radius 3 is 2.95 bits per heavy atom. The number of hydrogen-bond acceptors (Lipinski definition) is 1. The summed E-state index contributed by atoms with van der Waals surface area (Å²) in [6.07, 6.45) is 11.9. The summed E-state index contributed by atoms with van der Waals surface area (Å²) in [5.41, 5.74) is 2.65. The molecule has 2 aromatic rings. The van der Waals surface area contributed by atoms with Gasteiger partial charge in [0.05, 0.1) is 6.10 Å². The molecular weight excluding hydrogens is 248 g/mol. The lowest BCUT2D eigenvalue weighted by molar-refractivity contribution is -0.688. The van der Waals surface area contributed by atoms with Gasteiger partial charge in [0.15, 0.2) is 6.73 Å². The van der Waals surface area contributed by atoms with E-state index in [0.29, 0.717) is 12.8 Å². The predicted molar refractivity (Wildman–Crippen MR) is 78.2 cm³/mol. The van der Waals surface area contributed by atoms with Gasteiger partial charge in [0, 0.05) is 0 Å². The topological polar surface area (TPSA) is 18.0 Å². The maximum absolute atomic E-state index is 5.92. The van der Waals surface area contributed by atoms with E-state index in [0.717, 1.165) is 6.54 Å². The van der Waals surface area contributed by atoms with Crippen LogP contribution in [0.2, 0.25) is 0 Å². The Morgan fingerprint density at radius 2 is 2.15 bits per heavy atom. The lowest BCUT2D eigenvalue weighted by Gasteiger charge is -2.07. The van der Waals surface area contributed by atoms with Crippen molar-refractivity contribution in [2.45, 2.75) is 52.0 Å². The van der Waals surface area contributed by atoms with Gasteiger partial charge in [-0.05, 0) is 25.3 Å². The molecule has 0 radical (unpaired) electrons. The minimum absolute atomic E-state index is 0.475. The van der Waals surface area contributed by atoms with Crippen LogP contribution in [-0.4, -0.2) is 10.7 Å². The number of nitrogens with zero attached hydrogens (tertiary/aromatic N) is 2. The Labute approximate surface area is 120 Å². The smallest absolute Gasteiger partial charge is 0.245 e. The molecule has 0 atom stereocenters.